The minimum Gasteiger partial charge on any atom is -0.335 e. The Morgan fingerprint density at radius 3 is 2.19 bits per heavy atom. The molecule has 0 N–H and O–H groups in total. The molecule has 0 bridgehead atoms. The highest BCUT2D eigenvalue weighted by atomic mass is 35.5. The lowest BCUT2D eigenvalue weighted by Crippen LogP contribution is -2.57. The predicted molar refractivity (Wildman–Crippen MR) is 124 cm³/mol. The molecule has 2 aliphatic rings. The van der Waals surface area contributed by atoms with Crippen molar-refractivity contribution >= 4 is 23.5 Å². The lowest BCUT2D eigenvalue weighted by atomic mass is 9.93. The Balaban J connectivity index is 1.69. The Bertz CT molecular complexity index is 1170. The third-order valence-corrected chi connectivity index (χ3v) is 7.45. The molecule has 2 aromatic carbocycles. The number of rotatable bonds is 3. The van der Waals surface area contributed by atoms with Gasteiger partial charge in [0.05, 0.1) is 29.3 Å². The molecule has 0 aromatic heterocycles. The number of halogens is 7. The molecular weight excluding hydrogens is 524 g/mol. The standard InChI is InChI=1S/C25H24ClF6N3O2/c1-14(15-11-16(24(27,28)29)13-17(12-15)25(30,31)32)33(2)23(37)35-10-9-34-20(7-8-21(34)36)22(35)18-5-3-4-6-19(18)26/h3-6,11-14,20,22H,7-10H2,1-2H3/t14-,20?,22?/m1/s1. The Morgan fingerprint density at radius 2 is 1.62 bits per heavy atom. The predicted octanol–water partition coefficient (Wildman–Crippen LogP) is 6.54. The molecule has 2 fully saturated rings. The van der Waals surface area contributed by atoms with Gasteiger partial charge >= 0.3 is 18.4 Å². The van der Waals surface area contributed by atoms with Crippen LogP contribution in [0.2, 0.25) is 5.02 Å². The SMILES string of the molecule is C[C@H](c1cc(C(F)(F)F)cc(C(F)(F)F)c1)N(C)C(=O)N1CCN2C(=O)CCC2C1c1ccccc1Cl. The van der Waals surface area contributed by atoms with E-state index in [1.807, 2.05) is 0 Å². The number of hydrogen-bond donors (Lipinski definition) is 0. The van der Waals surface area contributed by atoms with Gasteiger partial charge in [0.15, 0.2) is 0 Å². The van der Waals surface area contributed by atoms with Crippen LogP contribution in [0.3, 0.4) is 0 Å². The molecule has 0 radical (unpaired) electrons. The first kappa shape index (κ1) is 27.1. The third kappa shape index (κ3) is 5.23. The number of hydrogen-bond acceptors (Lipinski definition) is 2. The van der Waals surface area contributed by atoms with Crippen molar-refractivity contribution in [2.24, 2.45) is 0 Å². The van der Waals surface area contributed by atoms with Gasteiger partial charge in [-0.3, -0.25) is 4.79 Å². The second-order valence-electron chi connectivity index (χ2n) is 9.26. The fraction of sp³-hybridized carbons (Fsp3) is 0.440. The van der Waals surface area contributed by atoms with Crippen molar-refractivity contribution < 1.29 is 35.9 Å². The molecule has 2 heterocycles. The molecule has 0 saturated carbocycles. The first-order valence-electron chi connectivity index (χ1n) is 11.6. The van der Waals surface area contributed by atoms with Gasteiger partial charge in [0, 0.05) is 31.6 Å². The fourth-order valence-electron chi connectivity index (χ4n) is 5.05. The maximum atomic E-state index is 13.7. The van der Waals surface area contributed by atoms with Crippen LogP contribution < -0.4 is 0 Å². The normalized spacial score (nSPS) is 21.2. The minimum absolute atomic E-state index is 0.0421. The number of benzene rings is 2. The Hall–Kier alpha value is -2.95. The van der Waals surface area contributed by atoms with E-state index in [1.54, 1.807) is 29.2 Å². The maximum Gasteiger partial charge on any atom is 0.416 e. The summed E-state index contributed by atoms with van der Waals surface area (Å²) in [5.74, 6) is -0.0421. The number of amides is 3. The lowest BCUT2D eigenvalue weighted by Gasteiger charge is -2.46. The highest BCUT2D eigenvalue weighted by Gasteiger charge is 2.46. The summed E-state index contributed by atoms with van der Waals surface area (Å²) in [6.07, 6.45) is -9.21. The van der Waals surface area contributed by atoms with Crippen LogP contribution in [-0.4, -0.2) is 52.8 Å². The van der Waals surface area contributed by atoms with Crippen molar-refractivity contribution in [3.8, 4) is 0 Å². The Morgan fingerprint density at radius 1 is 1.03 bits per heavy atom. The molecule has 0 spiro atoms. The molecule has 3 amide bonds. The van der Waals surface area contributed by atoms with E-state index in [0.29, 0.717) is 35.6 Å². The largest absolute Gasteiger partial charge is 0.416 e. The van der Waals surface area contributed by atoms with Gasteiger partial charge in [-0.15, -0.1) is 0 Å². The molecule has 12 heteroatoms. The van der Waals surface area contributed by atoms with Gasteiger partial charge in [0.1, 0.15) is 0 Å². The number of alkyl halides is 6. The van der Waals surface area contributed by atoms with E-state index in [0.717, 1.165) is 4.90 Å². The number of nitrogens with zero attached hydrogens (tertiary/aromatic N) is 3. The van der Waals surface area contributed by atoms with Crippen LogP contribution in [0.25, 0.3) is 0 Å². The van der Waals surface area contributed by atoms with E-state index in [9.17, 15) is 35.9 Å². The summed E-state index contributed by atoms with van der Waals surface area (Å²) >= 11 is 6.44. The fourth-order valence-corrected chi connectivity index (χ4v) is 5.30. The molecular formula is C25H24ClF6N3O2. The van der Waals surface area contributed by atoms with Crippen LogP contribution in [0.4, 0.5) is 31.1 Å². The first-order chi connectivity index (χ1) is 17.2. The van der Waals surface area contributed by atoms with Crippen molar-refractivity contribution in [3.05, 3.63) is 69.7 Å². The third-order valence-electron chi connectivity index (χ3n) is 7.10. The van der Waals surface area contributed by atoms with Crippen LogP contribution in [0.15, 0.2) is 42.5 Å². The molecule has 2 aromatic rings. The number of fused-ring (bicyclic) bond motifs is 1. The molecule has 4 rings (SSSR count). The number of urea groups is 1. The van der Waals surface area contributed by atoms with Crippen molar-refractivity contribution in [1.82, 2.24) is 14.7 Å². The molecule has 2 saturated heterocycles. The van der Waals surface area contributed by atoms with E-state index >= 15 is 0 Å². The van der Waals surface area contributed by atoms with Gasteiger partial charge in [0.25, 0.3) is 0 Å². The van der Waals surface area contributed by atoms with Gasteiger partial charge in [-0.1, -0.05) is 29.8 Å². The van der Waals surface area contributed by atoms with E-state index < -0.39 is 41.6 Å². The summed E-state index contributed by atoms with van der Waals surface area (Å²) in [7, 11) is 1.33. The quantitative estimate of drug-likeness (QED) is 0.410. The molecule has 0 aliphatic carbocycles. The molecule has 200 valence electrons. The Labute approximate surface area is 214 Å². The van der Waals surface area contributed by atoms with Crippen molar-refractivity contribution in [1.29, 1.82) is 0 Å². The average Bonchev–Trinajstić information content (AvgIpc) is 3.22. The summed E-state index contributed by atoms with van der Waals surface area (Å²) in [4.78, 5) is 30.4. The highest BCUT2D eigenvalue weighted by molar-refractivity contribution is 6.31. The molecule has 37 heavy (non-hydrogen) atoms. The number of carbonyl (C=O) groups is 2. The number of piperazine rings is 1. The highest BCUT2D eigenvalue weighted by Crippen LogP contribution is 2.42. The van der Waals surface area contributed by atoms with Gasteiger partial charge in [-0.25, -0.2) is 4.79 Å². The van der Waals surface area contributed by atoms with Crippen LogP contribution in [0.1, 0.15) is 54.1 Å². The van der Waals surface area contributed by atoms with Crippen molar-refractivity contribution in [2.45, 2.75) is 50.2 Å². The van der Waals surface area contributed by atoms with E-state index in [2.05, 4.69) is 0 Å². The smallest absolute Gasteiger partial charge is 0.335 e. The van der Waals surface area contributed by atoms with Gasteiger partial charge in [-0.2, -0.15) is 26.3 Å². The molecule has 2 aliphatic heterocycles. The molecule has 2 unspecified atom stereocenters. The monoisotopic (exact) mass is 547 g/mol. The van der Waals surface area contributed by atoms with Gasteiger partial charge in [-0.05, 0) is 48.7 Å². The zero-order chi connectivity index (χ0) is 27.3. The average molecular weight is 548 g/mol. The first-order valence-corrected chi connectivity index (χ1v) is 11.9. The summed E-state index contributed by atoms with van der Waals surface area (Å²) in [5, 5.41) is 0.384. The second kappa shape index (κ2) is 9.74. The minimum atomic E-state index is -5.00. The zero-order valence-corrected chi connectivity index (χ0v) is 20.7. The summed E-state index contributed by atoms with van der Waals surface area (Å²) in [6, 6.07) is 5.49. The lowest BCUT2D eigenvalue weighted by molar-refractivity contribution is -0.143. The summed E-state index contributed by atoms with van der Waals surface area (Å²) < 4.78 is 80.3. The topological polar surface area (TPSA) is 43.9 Å². The van der Waals surface area contributed by atoms with E-state index in [-0.39, 0.29) is 36.7 Å². The maximum absolute atomic E-state index is 13.7. The van der Waals surface area contributed by atoms with Crippen LogP contribution >= 0.6 is 11.6 Å². The van der Waals surface area contributed by atoms with Gasteiger partial charge < -0.3 is 14.7 Å². The second-order valence-corrected chi connectivity index (χ2v) is 9.67. The van der Waals surface area contributed by atoms with E-state index in [1.165, 1.54) is 18.9 Å². The van der Waals surface area contributed by atoms with Crippen LogP contribution in [-0.2, 0) is 17.1 Å². The summed E-state index contributed by atoms with van der Waals surface area (Å²) in [5.41, 5.74) is -2.59. The van der Waals surface area contributed by atoms with E-state index in [4.69, 9.17) is 11.6 Å². The van der Waals surface area contributed by atoms with Gasteiger partial charge in [0.2, 0.25) is 5.91 Å². The van der Waals surface area contributed by atoms with Crippen molar-refractivity contribution in [2.75, 3.05) is 20.1 Å². The number of carbonyl (C=O) groups excluding carboxylic acids is 2. The zero-order valence-electron chi connectivity index (χ0n) is 19.9. The van der Waals surface area contributed by atoms with Crippen LogP contribution in [0.5, 0.6) is 0 Å². The molecule has 3 atom stereocenters. The Kier molecular flexibility index (Phi) is 7.13. The molecule has 5 nitrogen and oxygen atoms in total. The summed E-state index contributed by atoms with van der Waals surface area (Å²) in [6.45, 7) is 1.76. The van der Waals surface area contributed by atoms with Crippen molar-refractivity contribution in [3.63, 3.8) is 0 Å². The van der Waals surface area contributed by atoms with Crippen LogP contribution in [0, 0.1) is 0 Å².